The number of nitrogen functional groups attached to an aromatic ring is 1. The van der Waals surface area contributed by atoms with E-state index in [2.05, 4.69) is 15.6 Å². The highest BCUT2D eigenvalue weighted by Gasteiger charge is 2.17. The molecule has 0 aromatic heterocycles. The van der Waals surface area contributed by atoms with E-state index >= 15 is 0 Å². The van der Waals surface area contributed by atoms with E-state index in [-0.39, 0.29) is 18.2 Å². The van der Waals surface area contributed by atoms with Crippen molar-refractivity contribution in [2.45, 2.75) is 6.61 Å². The average molecular weight is 340 g/mol. The number of carbonyl (C=O) groups excluding carboxylic acids is 1. The molecule has 2 aromatic carbocycles. The Hall–Kier alpha value is -3.35. The second-order valence-corrected chi connectivity index (χ2v) is 5.03. The SMILES string of the molecule is CNC(=O)/C(=N/OC)c1ccccc1CO/N=C\c1ccc(N)cc1. The van der Waals surface area contributed by atoms with E-state index in [1.54, 1.807) is 24.4 Å². The summed E-state index contributed by atoms with van der Waals surface area (Å²) in [6, 6.07) is 14.5. The molecule has 3 N–H and O–H groups in total. The second kappa shape index (κ2) is 9.07. The molecule has 0 radical (unpaired) electrons. The quantitative estimate of drug-likeness (QED) is 0.457. The molecule has 0 atom stereocenters. The first-order valence-electron chi connectivity index (χ1n) is 7.58. The van der Waals surface area contributed by atoms with E-state index in [0.717, 1.165) is 11.1 Å². The highest BCUT2D eigenvalue weighted by atomic mass is 16.6. The van der Waals surface area contributed by atoms with Gasteiger partial charge in [-0.2, -0.15) is 0 Å². The summed E-state index contributed by atoms with van der Waals surface area (Å²) in [5.41, 5.74) is 8.74. The van der Waals surface area contributed by atoms with Crippen LogP contribution in [0.1, 0.15) is 16.7 Å². The molecular weight excluding hydrogens is 320 g/mol. The van der Waals surface area contributed by atoms with Crippen molar-refractivity contribution in [3.63, 3.8) is 0 Å². The zero-order chi connectivity index (χ0) is 18.1. The van der Waals surface area contributed by atoms with Crippen LogP contribution < -0.4 is 11.1 Å². The molecule has 0 saturated carbocycles. The van der Waals surface area contributed by atoms with Gasteiger partial charge in [0.05, 0.1) is 6.21 Å². The van der Waals surface area contributed by atoms with Crippen molar-refractivity contribution in [1.29, 1.82) is 0 Å². The number of carbonyl (C=O) groups is 1. The van der Waals surface area contributed by atoms with E-state index in [9.17, 15) is 4.79 Å². The molecule has 0 unspecified atom stereocenters. The minimum atomic E-state index is -0.348. The molecule has 7 heteroatoms. The first kappa shape index (κ1) is 18.0. The largest absolute Gasteiger partial charge is 0.399 e. The van der Waals surface area contributed by atoms with E-state index in [4.69, 9.17) is 15.4 Å². The molecule has 25 heavy (non-hydrogen) atoms. The van der Waals surface area contributed by atoms with Gasteiger partial charge in [-0.15, -0.1) is 0 Å². The van der Waals surface area contributed by atoms with Gasteiger partial charge in [0.1, 0.15) is 13.7 Å². The average Bonchev–Trinajstić information content (AvgIpc) is 2.64. The zero-order valence-corrected chi connectivity index (χ0v) is 14.1. The monoisotopic (exact) mass is 340 g/mol. The van der Waals surface area contributed by atoms with Gasteiger partial charge in [-0.25, -0.2) is 0 Å². The van der Waals surface area contributed by atoms with Gasteiger partial charge in [0, 0.05) is 23.9 Å². The molecule has 1 amide bonds. The minimum Gasteiger partial charge on any atom is -0.399 e. The number of hydrogen-bond acceptors (Lipinski definition) is 6. The van der Waals surface area contributed by atoms with Crippen LogP contribution in [0.25, 0.3) is 0 Å². The predicted octanol–water partition coefficient (Wildman–Crippen LogP) is 1.92. The summed E-state index contributed by atoms with van der Waals surface area (Å²) < 4.78 is 0. The molecule has 7 nitrogen and oxygen atoms in total. The van der Waals surface area contributed by atoms with Crippen molar-refractivity contribution in [2.24, 2.45) is 10.3 Å². The lowest BCUT2D eigenvalue weighted by molar-refractivity contribution is -0.114. The fourth-order valence-corrected chi connectivity index (χ4v) is 2.09. The molecule has 0 fully saturated rings. The van der Waals surface area contributed by atoms with Crippen LogP contribution in [-0.2, 0) is 21.1 Å². The number of nitrogens with two attached hydrogens (primary N) is 1. The van der Waals surface area contributed by atoms with Crippen LogP contribution in [0.2, 0.25) is 0 Å². The molecule has 0 heterocycles. The minimum absolute atomic E-state index is 0.173. The third-order valence-electron chi connectivity index (χ3n) is 3.33. The molecule has 0 aliphatic carbocycles. The number of hydrogen-bond donors (Lipinski definition) is 2. The highest BCUT2D eigenvalue weighted by Crippen LogP contribution is 2.13. The first-order chi connectivity index (χ1) is 12.2. The molecule has 0 bridgehead atoms. The van der Waals surface area contributed by atoms with Crippen molar-refractivity contribution in [1.82, 2.24) is 5.32 Å². The summed E-state index contributed by atoms with van der Waals surface area (Å²) in [5, 5.41) is 10.3. The van der Waals surface area contributed by atoms with E-state index in [1.165, 1.54) is 14.2 Å². The Morgan fingerprint density at radius 3 is 2.60 bits per heavy atom. The van der Waals surface area contributed by atoms with Gasteiger partial charge in [-0.3, -0.25) is 4.79 Å². The van der Waals surface area contributed by atoms with Crippen LogP contribution in [-0.4, -0.2) is 32.0 Å². The zero-order valence-electron chi connectivity index (χ0n) is 14.1. The van der Waals surface area contributed by atoms with Gasteiger partial charge in [-0.1, -0.05) is 46.7 Å². The lowest BCUT2D eigenvalue weighted by Crippen LogP contribution is -2.29. The number of benzene rings is 2. The molecule has 0 aliphatic heterocycles. The number of nitrogens with zero attached hydrogens (tertiary/aromatic N) is 2. The number of oxime groups is 2. The van der Waals surface area contributed by atoms with Crippen LogP contribution in [0.4, 0.5) is 5.69 Å². The van der Waals surface area contributed by atoms with E-state index in [1.807, 2.05) is 30.3 Å². The van der Waals surface area contributed by atoms with Crippen molar-refractivity contribution >= 4 is 23.5 Å². The lowest BCUT2D eigenvalue weighted by atomic mass is 10.0. The second-order valence-electron chi connectivity index (χ2n) is 5.03. The summed E-state index contributed by atoms with van der Waals surface area (Å²) in [6.45, 7) is 0.182. The standard InChI is InChI=1S/C18H20N4O3/c1-20-18(23)17(22-24-2)16-6-4-3-5-14(16)12-25-21-11-13-7-9-15(19)10-8-13/h3-11H,12,19H2,1-2H3,(H,20,23)/b21-11-,22-17+. The van der Waals surface area contributed by atoms with Gasteiger partial charge in [0.2, 0.25) is 0 Å². The Kier molecular flexibility index (Phi) is 6.53. The molecule has 2 rings (SSSR count). The summed E-state index contributed by atoms with van der Waals surface area (Å²) in [4.78, 5) is 22.1. The van der Waals surface area contributed by atoms with Gasteiger partial charge in [-0.05, 0) is 17.7 Å². The Labute approximate surface area is 146 Å². The predicted molar refractivity (Wildman–Crippen MR) is 97.3 cm³/mol. The van der Waals surface area contributed by atoms with Crippen molar-refractivity contribution in [2.75, 3.05) is 19.9 Å². The molecule has 130 valence electrons. The Balaban J connectivity index is 2.11. The maximum absolute atomic E-state index is 12.0. The third kappa shape index (κ3) is 5.07. The van der Waals surface area contributed by atoms with Crippen molar-refractivity contribution < 1.29 is 14.5 Å². The van der Waals surface area contributed by atoms with Crippen LogP contribution in [0, 0.1) is 0 Å². The van der Waals surface area contributed by atoms with Gasteiger partial charge < -0.3 is 20.7 Å². The van der Waals surface area contributed by atoms with Crippen molar-refractivity contribution in [3.8, 4) is 0 Å². The number of rotatable bonds is 7. The van der Waals surface area contributed by atoms with Gasteiger partial charge >= 0.3 is 0 Å². The van der Waals surface area contributed by atoms with Gasteiger partial charge in [0.15, 0.2) is 5.71 Å². The smallest absolute Gasteiger partial charge is 0.273 e. The molecule has 2 aromatic rings. The fraction of sp³-hybridized carbons (Fsp3) is 0.167. The van der Waals surface area contributed by atoms with Gasteiger partial charge in [0.25, 0.3) is 5.91 Å². The molecule has 0 saturated heterocycles. The molecular formula is C18H20N4O3. The van der Waals surface area contributed by atoms with Crippen LogP contribution in [0.3, 0.4) is 0 Å². The maximum Gasteiger partial charge on any atom is 0.273 e. The van der Waals surface area contributed by atoms with E-state index in [0.29, 0.717) is 11.3 Å². The van der Waals surface area contributed by atoms with E-state index < -0.39 is 0 Å². The summed E-state index contributed by atoms with van der Waals surface area (Å²) in [5.74, 6) is -0.348. The highest BCUT2D eigenvalue weighted by molar-refractivity contribution is 6.45. The topological polar surface area (TPSA) is 98.3 Å². The molecule has 0 aliphatic rings. The Bertz CT molecular complexity index is 770. The van der Waals surface area contributed by atoms with Crippen LogP contribution in [0.15, 0.2) is 58.8 Å². The molecule has 0 spiro atoms. The number of nitrogens with one attached hydrogen (secondary N) is 1. The Morgan fingerprint density at radius 1 is 1.20 bits per heavy atom. The summed E-state index contributed by atoms with van der Waals surface area (Å²) in [7, 11) is 2.92. The number of anilines is 1. The number of amides is 1. The maximum atomic E-state index is 12.0. The third-order valence-corrected chi connectivity index (χ3v) is 3.33. The van der Waals surface area contributed by atoms with Crippen molar-refractivity contribution in [3.05, 3.63) is 65.2 Å². The van der Waals surface area contributed by atoms with Crippen LogP contribution in [0.5, 0.6) is 0 Å². The number of likely N-dealkylation sites (N-methyl/N-ethyl adjacent to an activating group) is 1. The van der Waals surface area contributed by atoms with Crippen LogP contribution >= 0.6 is 0 Å². The first-order valence-corrected chi connectivity index (χ1v) is 7.58. The summed E-state index contributed by atoms with van der Waals surface area (Å²) in [6.07, 6.45) is 1.59. The normalized spacial score (nSPS) is 11.4. The Morgan fingerprint density at radius 2 is 1.92 bits per heavy atom. The summed E-state index contributed by atoms with van der Waals surface area (Å²) >= 11 is 0. The lowest BCUT2D eigenvalue weighted by Gasteiger charge is -2.09. The fourth-order valence-electron chi connectivity index (χ4n) is 2.09.